The molecule has 1 aliphatic rings. The summed E-state index contributed by atoms with van der Waals surface area (Å²) in [6.07, 6.45) is -3.54. The molecule has 7 heteroatoms. The summed E-state index contributed by atoms with van der Waals surface area (Å²) < 4.78 is 38.7. The molecule has 98 valence electrons. The van der Waals surface area contributed by atoms with Crippen LogP contribution < -0.4 is 11.1 Å². The number of carbonyl (C=O) groups is 1. The van der Waals surface area contributed by atoms with Crippen LogP contribution in [0.1, 0.15) is 18.4 Å². The van der Waals surface area contributed by atoms with Gasteiger partial charge in [0, 0.05) is 4.47 Å². The number of alkyl halides is 3. The highest BCUT2D eigenvalue weighted by Crippen LogP contribution is 2.38. The third-order valence-electron chi connectivity index (χ3n) is 2.78. The first-order chi connectivity index (χ1) is 8.22. The van der Waals surface area contributed by atoms with Crippen molar-refractivity contribution in [2.45, 2.75) is 24.6 Å². The molecule has 0 spiro atoms. The topological polar surface area (TPSA) is 55.1 Å². The number of nitrogens with two attached hydrogens (primary N) is 1. The normalized spacial score (nSPS) is 17.4. The Labute approximate surface area is 110 Å². The van der Waals surface area contributed by atoms with Crippen molar-refractivity contribution in [3.63, 3.8) is 0 Å². The van der Waals surface area contributed by atoms with Gasteiger partial charge in [0.1, 0.15) is 0 Å². The smallest absolute Gasteiger partial charge is 0.324 e. The highest BCUT2D eigenvalue weighted by Gasteiger charge is 2.46. The molecule has 0 saturated heterocycles. The molecule has 1 saturated carbocycles. The Kier molecular flexibility index (Phi) is 3.14. The lowest BCUT2D eigenvalue weighted by Gasteiger charge is -2.16. The highest BCUT2D eigenvalue weighted by molar-refractivity contribution is 9.10. The van der Waals surface area contributed by atoms with E-state index in [1.54, 1.807) is 0 Å². The molecule has 0 aromatic heterocycles. The van der Waals surface area contributed by atoms with Crippen LogP contribution in [0.25, 0.3) is 0 Å². The van der Waals surface area contributed by atoms with Gasteiger partial charge in [-0.2, -0.15) is 13.2 Å². The number of anilines is 1. The molecule has 0 unspecified atom stereocenters. The second-order valence-electron chi connectivity index (χ2n) is 4.30. The quantitative estimate of drug-likeness (QED) is 0.879. The van der Waals surface area contributed by atoms with Gasteiger partial charge in [-0.25, -0.2) is 0 Å². The SMILES string of the molecule is NC1(C(=O)Nc2ccc(Br)cc2C(F)(F)F)CC1. The van der Waals surface area contributed by atoms with E-state index in [4.69, 9.17) is 5.73 Å². The number of rotatable bonds is 2. The molecule has 0 aliphatic heterocycles. The van der Waals surface area contributed by atoms with E-state index in [-0.39, 0.29) is 5.69 Å². The molecular weight excluding hydrogens is 313 g/mol. The van der Waals surface area contributed by atoms with Gasteiger partial charge in [0.25, 0.3) is 0 Å². The number of hydrogen-bond donors (Lipinski definition) is 2. The second-order valence-corrected chi connectivity index (χ2v) is 5.21. The molecule has 0 bridgehead atoms. The Morgan fingerprint density at radius 1 is 1.39 bits per heavy atom. The summed E-state index contributed by atoms with van der Waals surface area (Å²) in [5.74, 6) is -0.574. The zero-order chi connectivity index (χ0) is 13.6. The average molecular weight is 323 g/mol. The maximum absolute atomic E-state index is 12.8. The summed E-state index contributed by atoms with van der Waals surface area (Å²) in [4.78, 5) is 11.6. The van der Waals surface area contributed by atoms with Gasteiger partial charge in [-0.3, -0.25) is 4.79 Å². The Bertz CT molecular complexity index is 498. The summed E-state index contributed by atoms with van der Waals surface area (Å²) in [6, 6.07) is 3.56. The molecule has 1 aromatic rings. The highest BCUT2D eigenvalue weighted by atomic mass is 79.9. The van der Waals surface area contributed by atoms with Crippen LogP contribution in [-0.4, -0.2) is 11.4 Å². The van der Waals surface area contributed by atoms with E-state index in [0.29, 0.717) is 17.3 Å². The molecule has 3 nitrogen and oxygen atoms in total. The van der Waals surface area contributed by atoms with Gasteiger partial charge in [-0.15, -0.1) is 0 Å². The summed E-state index contributed by atoms with van der Waals surface area (Å²) in [5.41, 5.74) is 3.46. The Hall–Kier alpha value is -1.08. The zero-order valence-electron chi connectivity index (χ0n) is 9.14. The van der Waals surface area contributed by atoms with Gasteiger partial charge in [0.2, 0.25) is 5.91 Å². The molecule has 0 atom stereocenters. The van der Waals surface area contributed by atoms with Gasteiger partial charge >= 0.3 is 6.18 Å². The fraction of sp³-hybridized carbons (Fsp3) is 0.364. The molecule has 1 aliphatic carbocycles. The van der Waals surface area contributed by atoms with Crippen molar-refractivity contribution in [1.82, 2.24) is 0 Å². The monoisotopic (exact) mass is 322 g/mol. The van der Waals surface area contributed by atoms with Crippen molar-refractivity contribution >= 4 is 27.5 Å². The Morgan fingerprint density at radius 3 is 2.50 bits per heavy atom. The minimum atomic E-state index is -4.53. The van der Waals surface area contributed by atoms with Gasteiger partial charge in [-0.1, -0.05) is 15.9 Å². The van der Waals surface area contributed by atoms with Gasteiger partial charge < -0.3 is 11.1 Å². The minimum Gasteiger partial charge on any atom is -0.324 e. The van der Waals surface area contributed by atoms with E-state index in [0.717, 1.165) is 6.07 Å². The van der Waals surface area contributed by atoms with Crippen LogP contribution in [-0.2, 0) is 11.0 Å². The van der Waals surface area contributed by atoms with Crippen LogP contribution in [0, 0.1) is 0 Å². The molecule has 2 rings (SSSR count). The number of nitrogens with one attached hydrogen (secondary N) is 1. The van der Waals surface area contributed by atoms with Crippen LogP contribution in [0.3, 0.4) is 0 Å². The number of hydrogen-bond acceptors (Lipinski definition) is 2. The molecular formula is C11H10BrF3N2O. The predicted molar refractivity (Wildman–Crippen MR) is 63.9 cm³/mol. The van der Waals surface area contributed by atoms with Crippen molar-refractivity contribution in [3.05, 3.63) is 28.2 Å². The molecule has 1 amide bonds. The zero-order valence-corrected chi connectivity index (χ0v) is 10.7. The fourth-order valence-electron chi connectivity index (χ4n) is 1.47. The predicted octanol–water partition coefficient (Wildman–Crippen LogP) is 2.90. The number of benzene rings is 1. The number of amides is 1. The van der Waals surface area contributed by atoms with Gasteiger partial charge in [0.05, 0.1) is 16.8 Å². The van der Waals surface area contributed by atoms with Crippen LogP contribution in [0.5, 0.6) is 0 Å². The molecule has 0 heterocycles. The van der Waals surface area contributed by atoms with Crippen LogP contribution in [0.15, 0.2) is 22.7 Å². The lowest BCUT2D eigenvalue weighted by molar-refractivity contribution is -0.137. The fourth-order valence-corrected chi connectivity index (χ4v) is 1.83. The standard InChI is InChI=1S/C11H10BrF3N2O/c12-6-1-2-8(7(5-6)11(13,14)15)17-9(18)10(16)3-4-10/h1-2,5H,3-4,16H2,(H,17,18). The Balaban J connectivity index is 2.30. The lowest BCUT2D eigenvalue weighted by Crippen LogP contribution is -2.38. The molecule has 1 aromatic carbocycles. The maximum atomic E-state index is 12.8. The summed E-state index contributed by atoms with van der Waals surface area (Å²) in [7, 11) is 0. The second kappa shape index (κ2) is 4.24. The largest absolute Gasteiger partial charge is 0.418 e. The van der Waals surface area contributed by atoms with E-state index in [2.05, 4.69) is 21.2 Å². The number of carbonyl (C=O) groups excluding carboxylic acids is 1. The minimum absolute atomic E-state index is 0.271. The lowest BCUT2D eigenvalue weighted by atomic mass is 10.1. The van der Waals surface area contributed by atoms with Gasteiger partial charge in [-0.05, 0) is 31.0 Å². The maximum Gasteiger partial charge on any atom is 0.418 e. The van der Waals surface area contributed by atoms with Crippen molar-refractivity contribution in [3.8, 4) is 0 Å². The van der Waals surface area contributed by atoms with E-state index in [1.165, 1.54) is 12.1 Å². The number of halogens is 4. The van der Waals surface area contributed by atoms with Crippen LogP contribution >= 0.6 is 15.9 Å². The van der Waals surface area contributed by atoms with Crippen molar-refractivity contribution in [1.29, 1.82) is 0 Å². The summed E-state index contributed by atoms with van der Waals surface area (Å²) >= 11 is 2.97. The third kappa shape index (κ3) is 2.67. The van der Waals surface area contributed by atoms with Crippen molar-refractivity contribution in [2.24, 2.45) is 5.73 Å². The first-order valence-corrected chi connectivity index (χ1v) is 5.99. The molecule has 18 heavy (non-hydrogen) atoms. The average Bonchev–Trinajstić information content (AvgIpc) is 2.99. The molecule has 0 radical (unpaired) electrons. The summed E-state index contributed by atoms with van der Waals surface area (Å²) in [5, 5.41) is 2.24. The molecule has 3 N–H and O–H groups in total. The van der Waals surface area contributed by atoms with E-state index in [9.17, 15) is 18.0 Å². The third-order valence-corrected chi connectivity index (χ3v) is 3.27. The van der Waals surface area contributed by atoms with Crippen LogP contribution in [0.2, 0.25) is 0 Å². The van der Waals surface area contributed by atoms with Crippen molar-refractivity contribution < 1.29 is 18.0 Å². The van der Waals surface area contributed by atoms with Crippen LogP contribution in [0.4, 0.5) is 18.9 Å². The van der Waals surface area contributed by atoms with E-state index >= 15 is 0 Å². The van der Waals surface area contributed by atoms with E-state index < -0.39 is 23.2 Å². The first kappa shape index (κ1) is 13.4. The van der Waals surface area contributed by atoms with Gasteiger partial charge in [0.15, 0.2) is 0 Å². The Morgan fingerprint density at radius 2 is 2.00 bits per heavy atom. The first-order valence-electron chi connectivity index (χ1n) is 5.19. The summed E-state index contributed by atoms with van der Waals surface area (Å²) in [6.45, 7) is 0. The molecule has 1 fully saturated rings. The van der Waals surface area contributed by atoms with Crippen molar-refractivity contribution in [2.75, 3.05) is 5.32 Å². The van der Waals surface area contributed by atoms with E-state index in [1.807, 2.05) is 0 Å².